The molecule has 0 atom stereocenters. The molecule has 0 spiro atoms. The maximum atomic E-state index is 11.2. The van der Waals surface area contributed by atoms with Crippen LogP contribution in [-0.4, -0.2) is 6.29 Å². The van der Waals surface area contributed by atoms with E-state index in [1.165, 1.54) is 11.3 Å². The first-order valence-corrected chi connectivity index (χ1v) is 16.0. The van der Waals surface area contributed by atoms with Crippen LogP contribution in [0.25, 0.3) is 10.4 Å². The Kier molecular flexibility index (Phi) is 24.0. The van der Waals surface area contributed by atoms with Crippen LogP contribution in [0.4, 0.5) is 0 Å². The third kappa shape index (κ3) is 24.4. The van der Waals surface area contributed by atoms with Gasteiger partial charge in [0.1, 0.15) is 23.7 Å². The van der Waals surface area contributed by atoms with Gasteiger partial charge in [-0.1, -0.05) is 0 Å². The second kappa shape index (κ2) is 32.4. The highest BCUT2D eigenvalue weighted by molar-refractivity contribution is 7.17. The molecule has 0 radical (unpaired) electrons. The van der Waals surface area contributed by atoms with Crippen molar-refractivity contribution in [3.63, 3.8) is 0 Å². The maximum Gasteiger partial charge on any atom is 0.160 e. The zero-order valence-electron chi connectivity index (χ0n) is 29.8. The van der Waals surface area contributed by atoms with Gasteiger partial charge in [0.2, 0.25) is 0 Å². The third-order valence-electron chi connectivity index (χ3n) is 4.74. The molecule has 252 valence electrons. The molecule has 1 aromatic carbocycles. The van der Waals surface area contributed by atoms with Crippen molar-refractivity contribution < 1.29 is 14.3 Å². The van der Waals surface area contributed by atoms with E-state index in [2.05, 4.69) is 249 Å². The summed E-state index contributed by atoms with van der Waals surface area (Å²) in [7, 11) is 0. The molecule has 3 nitrogen and oxygen atoms in total. The molecule has 0 N–H and O–H groups in total. The predicted molar refractivity (Wildman–Crippen MR) is 230 cm³/mol. The SMILES string of the molecule is C#CC#CC#CC#CC#CC#CC#CC#CC#CC#CC#COc1cc(OC#CC#CC#CC#CC#CC#CC#CC#CC#CC#CC#C)cc(-c2ccc(C=O)s2)c1. The summed E-state index contributed by atoms with van der Waals surface area (Å²) >= 11 is 1.29. The van der Waals surface area contributed by atoms with Crippen molar-refractivity contribution in [2.75, 3.05) is 0 Å². The van der Waals surface area contributed by atoms with Crippen LogP contribution in [0.1, 0.15) is 9.67 Å². The van der Waals surface area contributed by atoms with E-state index >= 15 is 0 Å². The summed E-state index contributed by atoms with van der Waals surface area (Å²) in [5, 5.41) is 0. The molecule has 2 aromatic rings. The van der Waals surface area contributed by atoms with Crippen molar-refractivity contribution in [1.82, 2.24) is 0 Å². The van der Waals surface area contributed by atoms with E-state index in [0.717, 1.165) is 11.2 Å². The lowest BCUT2D eigenvalue weighted by Gasteiger charge is -2.05. The zero-order valence-corrected chi connectivity index (χ0v) is 30.6. The summed E-state index contributed by atoms with van der Waals surface area (Å²) in [5.74, 6) is 99.4. The van der Waals surface area contributed by atoms with Crippen LogP contribution in [0.2, 0.25) is 0 Å². The van der Waals surface area contributed by atoms with Crippen molar-refractivity contribution in [2.24, 2.45) is 0 Å². The molecule has 1 aromatic heterocycles. The van der Waals surface area contributed by atoms with Gasteiger partial charge in [0.05, 0.1) is 4.88 Å². The quantitative estimate of drug-likeness (QED) is 0.357. The average Bonchev–Trinajstić information content (AvgIpc) is 3.74. The molecule has 4 heteroatoms. The molecule has 0 fully saturated rings. The van der Waals surface area contributed by atoms with E-state index in [0.29, 0.717) is 21.9 Å². The van der Waals surface area contributed by atoms with E-state index in [9.17, 15) is 4.79 Å². The van der Waals surface area contributed by atoms with Crippen LogP contribution in [0.5, 0.6) is 11.5 Å². The van der Waals surface area contributed by atoms with Crippen molar-refractivity contribution >= 4 is 17.6 Å². The molecular weight excluding hydrogens is 741 g/mol. The summed E-state index contributed by atoms with van der Waals surface area (Å²) in [6.07, 6.45) is 15.6. The number of carbonyl (C=O) groups is 1. The molecule has 0 bridgehead atoms. The minimum atomic E-state index is 0.334. The van der Waals surface area contributed by atoms with Crippen LogP contribution in [0.3, 0.4) is 0 Å². The normalized spacial score (nSPS) is 5.66. The van der Waals surface area contributed by atoms with Gasteiger partial charge >= 0.3 is 0 Å². The summed E-state index contributed by atoms with van der Waals surface area (Å²) in [5.41, 5.74) is 0.702. The maximum absolute atomic E-state index is 11.2. The summed E-state index contributed by atoms with van der Waals surface area (Å²) in [4.78, 5) is 12.6. The van der Waals surface area contributed by atoms with Crippen LogP contribution in [0, 0.1) is 262 Å². The van der Waals surface area contributed by atoms with Crippen LogP contribution >= 0.6 is 11.3 Å². The van der Waals surface area contributed by atoms with Crippen molar-refractivity contribution in [1.29, 1.82) is 0 Å². The Balaban J connectivity index is 1.99. The van der Waals surface area contributed by atoms with Crippen LogP contribution < -0.4 is 9.47 Å². The number of thiophene rings is 1. The second-order valence-corrected chi connectivity index (χ2v) is 9.58. The minimum Gasteiger partial charge on any atom is -0.407 e. The Labute approximate surface area is 349 Å². The lowest BCUT2D eigenvalue weighted by molar-refractivity contribution is 0.112. The molecule has 2 rings (SSSR count). The van der Waals surface area contributed by atoms with E-state index < -0.39 is 0 Å². The monoisotopic (exact) mass is 748 g/mol. The lowest BCUT2D eigenvalue weighted by Crippen LogP contribution is -1.88. The molecule has 0 aliphatic carbocycles. The van der Waals surface area contributed by atoms with Gasteiger partial charge < -0.3 is 9.47 Å². The first-order valence-electron chi connectivity index (χ1n) is 15.2. The highest BCUT2D eigenvalue weighted by atomic mass is 32.1. The first kappa shape index (κ1) is 43.7. The predicted octanol–water partition coefficient (Wildman–Crippen LogP) is 3.23. The zero-order chi connectivity index (χ0) is 41.9. The number of hydrogen-bond acceptors (Lipinski definition) is 4. The fourth-order valence-corrected chi connectivity index (χ4v) is 3.57. The number of carbonyl (C=O) groups excluding carboxylic acids is 1. The van der Waals surface area contributed by atoms with Crippen LogP contribution in [-0.2, 0) is 0 Å². The topological polar surface area (TPSA) is 35.5 Å². The molecule has 1 heterocycles. The van der Waals surface area contributed by atoms with Crippen LogP contribution in [0.15, 0.2) is 30.3 Å². The number of rotatable bonds is 4. The van der Waals surface area contributed by atoms with Gasteiger partial charge in [-0.2, -0.15) is 0 Å². The highest BCUT2D eigenvalue weighted by Gasteiger charge is 2.08. The van der Waals surface area contributed by atoms with Gasteiger partial charge in [-0.3, -0.25) is 4.79 Å². The fourth-order valence-electron chi connectivity index (χ4n) is 2.76. The number of terminal acetylenes is 2. The number of hydrogen-bond donors (Lipinski definition) is 0. The highest BCUT2D eigenvalue weighted by Crippen LogP contribution is 2.33. The average molecular weight is 749 g/mol. The van der Waals surface area contributed by atoms with E-state index in [-0.39, 0.29) is 0 Å². The van der Waals surface area contributed by atoms with Gasteiger partial charge in [0.25, 0.3) is 0 Å². The molecule has 0 unspecified atom stereocenters. The molecule has 0 aliphatic heterocycles. The van der Waals surface area contributed by atoms with Gasteiger partial charge in [-0.15, -0.1) is 24.2 Å². The molecule has 0 amide bonds. The van der Waals surface area contributed by atoms with Crippen molar-refractivity contribution in [2.45, 2.75) is 0 Å². The number of benzene rings is 1. The Morgan fingerprint density at radius 2 is 0.644 bits per heavy atom. The smallest absolute Gasteiger partial charge is 0.160 e. The van der Waals surface area contributed by atoms with Gasteiger partial charge in [0.15, 0.2) is 6.29 Å². The Morgan fingerprint density at radius 3 is 0.898 bits per heavy atom. The van der Waals surface area contributed by atoms with Gasteiger partial charge in [-0.05, 0) is 125 Å². The van der Waals surface area contributed by atoms with E-state index in [4.69, 9.17) is 22.3 Å². The Bertz CT molecular complexity index is 3280. The summed E-state index contributed by atoms with van der Waals surface area (Å²) in [6, 6.07) is 8.51. The largest absolute Gasteiger partial charge is 0.407 e. The van der Waals surface area contributed by atoms with E-state index in [1.807, 2.05) is 0 Å². The molecule has 59 heavy (non-hydrogen) atoms. The third-order valence-corrected chi connectivity index (χ3v) is 5.80. The summed E-state index contributed by atoms with van der Waals surface area (Å²) in [6.45, 7) is 0. The van der Waals surface area contributed by atoms with Crippen molar-refractivity contribution in [3.05, 3.63) is 35.2 Å². The minimum absolute atomic E-state index is 0.334. The fraction of sp³-hybridized carbons (Fsp3) is 0. The molecular formula is C55H8O3S. The summed E-state index contributed by atoms with van der Waals surface area (Å²) < 4.78 is 11.1. The standard InChI is InChI=1S/C55H8O3S/c1-3-5-7-9-11-13-15-17-19-21-23-25-27-29-31-33-35-37-39-41-45-57-52-47-51(55-44-43-54(50-56)59-55)48-53(49-52)58-46-42-40-38-36-34-32-30-28-26-24-22-20-18-16-14-12-10-8-6-4-2/h1-2,43-44,47-50H. The van der Waals surface area contributed by atoms with E-state index in [1.54, 1.807) is 30.3 Å². The van der Waals surface area contributed by atoms with Gasteiger partial charge in [-0.25, -0.2) is 0 Å². The first-order chi connectivity index (χ1) is 29.3. The van der Waals surface area contributed by atoms with Crippen molar-refractivity contribution in [3.8, 4) is 284 Å². The second-order valence-electron chi connectivity index (χ2n) is 8.46. The lowest BCUT2D eigenvalue weighted by atomic mass is 10.1. The molecule has 0 saturated heterocycles. The molecule has 0 saturated carbocycles. The Hall–Kier alpha value is -11.5. The van der Waals surface area contributed by atoms with Gasteiger partial charge in [0, 0.05) is 153 Å². The number of ether oxygens (including phenoxy) is 2. The Morgan fingerprint density at radius 1 is 0.373 bits per heavy atom. The molecule has 0 aliphatic rings. The number of aldehydes is 1.